The molecule has 0 aromatic heterocycles. The summed E-state index contributed by atoms with van der Waals surface area (Å²) < 4.78 is 51.7. The van der Waals surface area contributed by atoms with Crippen molar-refractivity contribution < 1.29 is 22.4 Å². The fraction of sp³-hybridized carbons (Fsp3) is 0.158. The number of benzene rings is 2. The molecule has 2 N–H and O–H groups in total. The molecule has 0 bridgehead atoms. The standard InChI is InChI=1S/C19H15F4N3O/c20-15-7-5-13(6-8-15)9-10-25-12-14(11-24)18(27)26-17-4-2-1-3-16(17)19(21,22)23/h1-8,12,25H,9-10H2,(H,26,27)/b14-12-. The van der Waals surface area contributed by atoms with Gasteiger partial charge in [-0.25, -0.2) is 4.39 Å². The van der Waals surface area contributed by atoms with Gasteiger partial charge in [0.15, 0.2) is 0 Å². The molecule has 8 heteroatoms. The Morgan fingerprint density at radius 1 is 1.11 bits per heavy atom. The second-order valence-electron chi connectivity index (χ2n) is 5.50. The summed E-state index contributed by atoms with van der Waals surface area (Å²) in [5.74, 6) is -1.31. The van der Waals surface area contributed by atoms with Gasteiger partial charge in [0, 0.05) is 12.7 Å². The van der Waals surface area contributed by atoms with E-state index in [9.17, 15) is 22.4 Å². The minimum absolute atomic E-state index is 0.350. The van der Waals surface area contributed by atoms with Crippen molar-refractivity contribution in [2.24, 2.45) is 0 Å². The summed E-state index contributed by atoms with van der Waals surface area (Å²) in [5.41, 5.74) is -0.951. The smallest absolute Gasteiger partial charge is 0.389 e. The molecule has 0 saturated heterocycles. The summed E-state index contributed by atoms with van der Waals surface area (Å²) in [6.45, 7) is 0.350. The van der Waals surface area contributed by atoms with Crippen molar-refractivity contribution in [1.29, 1.82) is 5.26 Å². The molecule has 4 nitrogen and oxygen atoms in total. The largest absolute Gasteiger partial charge is 0.418 e. The normalized spacial score (nSPS) is 11.6. The van der Waals surface area contributed by atoms with Gasteiger partial charge in [0.05, 0.1) is 11.3 Å². The monoisotopic (exact) mass is 377 g/mol. The predicted octanol–water partition coefficient (Wildman–Crippen LogP) is 4.02. The number of hydrogen-bond donors (Lipinski definition) is 2. The fourth-order valence-corrected chi connectivity index (χ4v) is 2.22. The highest BCUT2D eigenvalue weighted by Crippen LogP contribution is 2.34. The van der Waals surface area contributed by atoms with E-state index in [1.165, 1.54) is 24.3 Å². The number of anilines is 1. The second kappa shape index (κ2) is 8.85. The van der Waals surface area contributed by atoms with E-state index < -0.39 is 23.3 Å². The van der Waals surface area contributed by atoms with Gasteiger partial charge in [0.1, 0.15) is 17.5 Å². The molecule has 0 aliphatic heterocycles. The number of para-hydroxylation sites is 1. The van der Waals surface area contributed by atoms with Gasteiger partial charge in [-0.05, 0) is 36.2 Å². The third kappa shape index (κ3) is 5.85. The Morgan fingerprint density at radius 3 is 2.41 bits per heavy atom. The van der Waals surface area contributed by atoms with Crippen LogP contribution < -0.4 is 10.6 Å². The van der Waals surface area contributed by atoms with Gasteiger partial charge in [-0.15, -0.1) is 0 Å². The number of alkyl halides is 3. The summed E-state index contributed by atoms with van der Waals surface area (Å²) in [6, 6.07) is 12.0. The van der Waals surface area contributed by atoms with Gasteiger partial charge in [-0.3, -0.25) is 4.79 Å². The number of hydrogen-bond acceptors (Lipinski definition) is 3. The molecular formula is C19H15F4N3O. The topological polar surface area (TPSA) is 64.9 Å². The highest BCUT2D eigenvalue weighted by Gasteiger charge is 2.33. The van der Waals surface area contributed by atoms with E-state index in [2.05, 4.69) is 10.6 Å². The summed E-state index contributed by atoms with van der Waals surface area (Å²) in [6.07, 6.45) is -2.99. The minimum atomic E-state index is -4.63. The van der Waals surface area contributed by atoms with E-state index >= 15 is 0 Å². The molecule has 27 heavy (non-hydrogen) atoms. The van der Waals surface area contributed by atoms with Crippen molar-refractivity contribution in [1.82, 2.24) is 5.32 Å². The van der Waals surface area contributed by atoms with Gasteiger partial charge >= 0.3 is 6.18 Å². The average molecular weight is 377 g/mol. The lowest BCUT2D eigenvalue weighted by molar-refractivity contribution is -0.137. The summed E-state index contributed by atoms with van der Waals surface area (Å²) in [4.78, 5) is 12.1. The van der Waals surface area contributed by atoms with Crippen molar-refractivity contribution in [3.63, 3.8) is 0 Å². The summed E-state index contributed by atoms with van der Waals surface area (Å²) in [5, 5.41) is 13.9. The Hall–Kier alpha value is -3.34. The lowest BCUT2D eigenvalue weighted by Crippen LogP contribution is -2.20. The fourth-order valence-electron chi connectivity index (χ4n) is 2.22. The van der Waals surface area contributed by atoms with E-state index in [4.69, 9.17) is 5.26 Å². The number of nitrogens with one attached hydrogen (secondary N) is 2. The number of rotatable bonds is 6. The zero-order chi connectivity index (χ0) is 19.9. The number of carbonyl (C=O) groups excluding carboxylic acids is 1. The molecule has 2 aromatic carbocycles. The number of halogens is 4. The van der Waals surface area contributed by atoms with Crippen molar-refractivity contribution in [3.8, 4) is 6.07 Å². The van der Waals surface area contributed by atoms with Crippen molar-refractivity contribution in [3.05, 3.63) is 77.2 Å². The molecular weight excluding hydrogens is 362 g/mol. The number of carbonyl (C=O) groups is 1. The van der Waals surface area contributed by atoms with E-state index in [-0.39, 0.29) is 11.4 Å². The first-order valence-corrected chi connectivity index (χ1v) is 7.87. The summed E-state index contributed by atoms with van der Waals surface area (Å²) >= 11 is 0. The van der Waals surface area contributed by atoms with Crippen molar-refractivity contribution >= 4 is 11.6 Å². The lowest BCUT2D eigenvalue weighted by Gasteiger charge is -2.13. The van der Waals surface area contributed by atoms with E-state index in [1.807, 2.05) is 0 Å². The first kappa shape index (κ1) is 20.0. The molecule has 0 aliphatic carbocycles. The van der Waals surface area contributed by atoms with E-state index in [0.29, 0.717) is 13.0 Å². The second-order valence-corrected chi connectivity index (χ2v) is 5.50. The quantitative estimate of drug-likeness (QED) is 0.346. The highest BCUT2D eigenvalue weighted by atomic mass is 19.4. The first-order chi connectivity index (χ1) is 12.8. The molecule has 2 aromatic rings. The van der Waals surface area contributed by atoms with Crippen LogP contribution in [0.2, 0.25) is 0 Å². The average Bonchev–Trinajstić information content (AvgIpc) is 2.62. The van der Waals surface area contributed by atoms with Crippen LogP contribution in [0.1, 0.15) is 11.1 Å². The van der Waals surface area contributed by atoms with E-state index in [0.717, 1.165) is 23.9 Å². The van der Waals surface area contributed by atoms with Crippen LogP contribution in [0.3, 0.4) is 0 Å². The Morgan fingerprint density at radius 2 is 1.78 bits per heavy atom. The molecule has 140 valence electrons. The number of nitrogens with zero attached hydrogens (tertiary/aromatic N) is 1. The van der Waals surface area contributed by atoms with Crippen LogP contribution in [0.5, 0.6) is 0 Å². The number of amides is 1. The Kier molecular flexibility index (Phi) is 6.55. The molecule has 0 fully saturated rings. The van der Waals surface area contributed by atoms with Crippen molar-refractivity contribution in [2.45, 2.75) is 12.6 Å². The SMILES string of the molecule is N#C/C(=C/NCCc1ccc(F)cc1)C(=O)Nc1ccccc1C(F)(F)F. The highest BCUT2D eigenvalue weighted by molar-refractivity contribution is 6.06. The molecule has 0 aliphatic rings. The molecule has 0 heterocycles. The maximum atomic E-state index is 12.9. The molecule has 0 spiro atoms. The van der Waals surface area contributed by atoms with Crippen LogP contribution in [0.25, 0.3) is 0 Å². The van der Waals surface area contributed by atoms with Gasteiger partial charge in [0.2, 0.25) is 0 Å². The molecule has 0 unspecified atom stereocenters. The zero-order valence-corrected chi connectivity index (χ0v) is 14.0. The Bertz CT molecular complexity index is 868. The minimum Gasteiger partial charge on any atom is -0.389 e. The maximum Gasteiger partial charge on any atom is 0.418 e. The molecule has 0 radical (unpaired) electrons. The van der Waals surface area contributed by atoms with Gasteiger partial charge in [-0.1, -0.05) is 24.3 Å². The molecule has 0 atom stereocenters. The van der Waals surface area contributed by atoms with Crippen LogP contribution >= 0.6 is 0 Å². The third-order valence-electron chi connectivity index (χ3n) is 3.56. The third-order valence-corrected chi connectivity index (χ3v) is 3.56. The van der Waals surface area contributed by atoms with Crippen LogP contribution in [0.15, 0.2) is 60.3 Å². The lowest BCUT2D eigenvalue weighted by atomic mass is 10.1. The van der Waals surface area contributed by atoms with Crippen LogP contribution in [0.4, 0.5) is 23.2 Å². The summed E-state index contributed by atoms with van der Waals surface area (Å²) in [7, 11) is 0. The molecule has 1 amide bonds. The predicted molar refractivity (Wildman–Crippen MR) is 91.9 cm³/mol. The molecule has 2 rings (SSSR count). The van der Waals surface area contributed by atoms with Crippen molar-refractivity contribution in [2.75, 3.05) is 11.9 Å². The Labute approximate surface area is 153 Å². The van der Waals surface area contributed by atoms with Crippen LogP contribution in [0, 0.1) is 17.1 Å². The Balaban J connectivity index is 1.99. The zero-order valence-electron chi connectivity index (χ0n) is 14.0. The first-order valence-electron chi connectivity index (χ1n) is 7.87. The van der Waals surface area contributed by atoms with Gasteiger partial charge in [0.25, 0.3) is 5.91 Å². The number of nitriles is 1. The van der Waals surface area contributed by atoms with Gasteiger partial charge < -0.3 is 10.6 Å². The van der Waals surface area contributed by atoms with E-state index in [1.54, 1.807) is 18.2 Å². The maximum absolute atomic E-state index is 12.9. The van der Waals surface area contributed by atoms with Gasteiger partial charge in [-0.2, -0.15) is 18.4 Å². The molecule has 0 saturated carbocycles. The van der Waals surface area contributed by atoms with Crippen LogP contribution in [-0.2, 0) is 17.4 Å². The van der Waals surface area contributed by atoms with Crippen LogP contribution in [-0.4, -0.2) is 12.5 Å².